The van der Waals surface area contributed by atoms with E-state index in [9.17, 15) is 4.79 Å². The Morgan fingerprint density at radius 2 is 2.00 bits per heavy atom. The summed E-state index contributed by atoms with van der Waals surface area (Å²) in [4.78, 5) is 13.8. The summed E-state index contributed by atoms with van der Waals surface area (Å²) in [5, 5.41) is 0. The molecule has 0 aliphatic carbocycles. The van der Waals surface area contributed by atoms with E-state index < -0.39 is 5.60 Å². The Hall–Kier alpha value is -1.03. The molecule has 1 amide bonds. The number of hydrogen-bond acceptors (Lipinski definition) is 3. The van der Waals surface area contributed by atoms with Crippen molar-refractivity contribution in [3.63, 3.8) is 0 Å². The first-order valence-electron chi connectivity index (χ1n) is 7.50. The van der Waals surface area contributed by atoms with E-state index in [1.807, 2.05) is 20.8 Å². The first-order chi connectivity index (χ1) is 9.21. The molecule has 1 atom stereocenters. The summed E-state index contributed by atoms with van der Waals surface area (Å²) >= 11 is 0. The van der Waals surface area contributed by atoms with Gasteiger partial charge in [-0.3, -0.25) is 0 Å². The van der Waals surface area contributed by atoms with E-state index in [0.29, 0.717) is 19.7 Å². The van der Waals surface area contributed by atoms with Gasteiger partial charge in [-0.25, -0.2) is 4.79 Å². The first-order valence-corrected chi connectivity index (χ1v) is 7.50. The zero-order chi connectivity index (χ0) is 15.4. The average molecular weight is 283 g/mol. The highest BCUT2D eigenvalue weighted by molar-refractivity contribution is 5.68. The summed E-state index contributed by atoms with van der Waals surface area (Å²) in [5.41, 5.74) is 0.398. The molecule has 0 aromatic heterocycles. The van der Waals surface area contributed by atoms with E-state index in [4.69, 9.17) is 9.47 Å². The van der Waals surface area contributed by atoms with E-state index in [-0.39, 0.29) is 11.7 Å². The fourth-order valence-corrected chi connectivity index (χ4v) is 2.19. The van der Waals surface area contributed by atoms with Crippen molar-refractivity contribution in [2.75, 3.05) is 19.7 Å². The molecule has 1 aliphatic heterocycles. The Morgan fingerprint density at radius 3 is 2.50 bits per heavy atom. The van der Waals surface area contributed by atoms with Crippen molar-refractivity contribution in [2.45, 2.75) is 65.1 Å². The maximum absolute atomic E-state index is 12.1. The number of hydrogen-bond donors (Lipinski definition) is 0. The third-order valence-corrected chi connectivity index (χ3v) is 3.69. The molecule has 0 aromatic carbocycles. The highest BCUT2D eigenvalue weighted by Gasteiger charge is 2.40. The second-order valence-corrected chi connectivity index (χ2v) is 6.58. The van der Waals surface area contributed by atoms with Crippen LogP contribution < -0.4 is 0 Å². The highest BCUT2D eigenvalue weighted by atomic mass is 16.6. The molecule has 1 unspecified atom stereocenters. The van der Waals surface area contributed by atoms with Gasteiger partial charge in [0.15, 0.2) is 0 Å². The molecule has 4 nitrogen and oxygen atoms in total. The van der Waals surface area contributed by atoms with E-state index in [1.165, 1.54) is 0 Å². The number of carbonyl (C=O) groups excluding carboxylic acids is 1. The maximum atomic E-state index is 12.1. The van der Waals surface area contributed by atoms with Gasteiger partial charge in [-0.1, -0.05) is 26.0 Å². The number of nitrogens with zero attached hydrogens (tertiary/aromatic N) is 1. The molecular weight excluding hydrogens is 254 g/mol. The number of rotatable bonds is 5. The minimum absolute atomic E-state index is 0.241. The second-order valence-electron chi connectivity index (χ2n) is 6.58. The Bertz CT molecular complexity index is 359. The molecule has 0 bridgehead atoms. The van der Waals surface area contributed by atoms with Crippen LogP contribution in [0.5, 0.6) is 0 Å². The van der Waals surface area contributed by atoms with Crippen LogP contribution in [0.3, 0.4) is 0 Å². The Balaban J connectivity index is 2.58. The van der Waals surface area contributed by atoms with Crippen molar-refractivity contribution in [1.82, 2.24) is 4.90 Å². The SMILES string of the molecule is C=C(CC)COC1(CC)CCN(C(=O)OC(C)(C)C)C1. The number of ether oxygens (including phenoxy) is 2. The minimum Gasteiger partial charge on any atom is -0.444 e. The molecule has 0 spiro atoms. The summed E-state index contributed by atoms with van der Waals surface area (Å²) in [5.74, 6) is 0. The molecule has 20 heavy (non-hydrogen) atoms. The molecule has 0 saturated carbocycles. The van der Waals surface area contributed by atoms with Crippen LogP contribution in [0.15, 0.2) is 12.2 Å². The molecule has 116 valence electrons. The Kier molecular flexibility index (Phi) is 5.63. The van der Waals surface area contributed by atoms with Crippen LogP contribution in [0.2, 0.25) is 0 Å². The fourth-order valence-electron chi connectivity index (χ4n) is 2.19. The number of amides is 1. The zero-order valence-corrected chi connectivity index (χ0v) is 13.6. The predicted molar refractivity (Wildman–Crippen MR) is 80.8 cm³/mol. The smallest absolute Gasteiger partial charge is 0.410 e. The number of carbonyl (C=O) groups is 1. The van der Waals surface area contributed by atoms with Crippen LogP contribution in [0.4, 0.5) is 4.79 Å². The zero-order valence-electron chi connectivity index (χ0n) is 13.6. The van der Waals surface area contributed by atoms with Crippen LogP contribution in [-0.4, -0.2) is 41.9 Å². The monoisotopic (exact) mass is 283 g/mol. The lowest BCUT2D eigenvalue weighted by Gasteiger charge is -2.29. The average Bonchev–Trinajstić information content (AvgIpc) is 2.79. The van der Waals surface area contributed by atoms with E-state index in [2.05, 4.69) is 20.4 Å². The molecule has 1 aliphatic rings. The topological polar surface area (TPSA) is 38.8 Å². The standard InChI is InChI=1S/C16H29NO3/c1-7-13(3)11-19-16(8-2)9-10-17(12-16)14(18)20-15(4,5)6/h3,7-12H2,1-2,4-6H3. The maximum Gasteiger partial charge on any atom is 0.410 e. The van der Waals surface area contributed by atoms with E-state index in [0.717, 1.165) is 24.8 Å². The van der Waals surface area contributed by atoms with Crippen molar-refractivity contribution in [3.8, 4) is 0 Å². The van der Waals surface area contributed by atoms with Crippen LogP contribution >= 0.6 is 0 Å². The van der Waals surface area contributed by atoms with Crippen LogP contribution in [0.25, 0.3) is 0 Å². The molecule has 4 heteroatoms. The van der Waals surface area contributed by atoms with Crippen molar-refractivity contribution in [3.05, 3.63) is 12.2 Å². The van der Waals surface area contributed by atoms with Gasteiger partial charge in [-0.2, -0.15) is 0 Å². The van der Waals surface area contributed by atoms with Gasteiger partial charge in [0.05, 0.1) is 18.8 Å². The summed E-state index contributed by atoms with van der Waals surface area (Å²) < 4.78 is 11.5. The molecule has 0 radical (unpaired) electrons. The molecule has 0 N–H and O–H groups in total. The third kappa shape index (κ3) is 4.82. The molecule has 1 saturated heterocycles. The fraction of sp³-hybridized carbons (Fsp3) is 0.812. The van der Waals surface area contributed by atoms with Crippen molar-refractivity contribution in [2.24, 2.45) is 0 Å². The van der Waals surface area contributed by atoms with Crippen LogP contribution in [0.1, 0.15) is 53.9 Å². The van der Waals surface area contributed by atoms with Gasteiger partial charge in [-0.05, 0) is 40.0 Å². The van der Waals surface area contributed by atoms with Crippen LogP contribution in [-0.2, 0) is 9.47 Å². The second kappa shape index (κ2) is 6.61. The third-order valence-electron chi connectivity index (χ3n) is 3.69. The largest absolute Gasteiger partial charge is 0.444 e. The van der Waals surface area contributed by atoms with Crippen LogP contribution in [0, 0.1) is 0 Å². The summed E-state index contributed by atoms with van der Waals surface area (Å²) in [6.45, 7) is 15.7. The summed E-state index contributed by atoms with van der Waals surface area (Å²) in [6.07, 6.45) is 2.43. The van der Waals surface area contributed by atoms with Gasteiger partial charge in [0, 0.05) is 6.54 Å². The number of likely N-dealkylation sites (tertiary alicyclic amines) is 1. The van der Waals surface area contributed by atoms with Gasteiger partial charge in [0.25, 0.3) is 0 Å². The molecule has 0 aromatic rings. The molecule has 1 rings (SSSR count). The van der Waals surface area contributed by atoms with Crippen molar-refractivity contribution in [1.29, 1.82) is 0 Å². The lowest BCUT2D eigenvalue weighted by Crippen LogP contribution is -2.40. The minimum atomic E-state index is -0.452. The van der Waals surface area contributed by atoms with Gasteiger partial charge in [0.1, 0.15) is 5.60 Å². The summed E-state index contributed by atoms with van der Waals surface area (Å²) in [6, 6.07) is 0. The Morgan fingerprint density at radius 1 is 1.35 bits per heavy atom. The van der Waals surface area contributed by atoms with Gasteiger partial charge >= 0.3 is 6.09 Å². The quantitative estimate of drug-likeness (QED) is 0.721. The summed E-state index contributed by atoms with van der Waals surface area (Å²) in [7, 11) is 0. The van der Waals surface area contributed by atoms with Crippen molar-refractivity contribution >= 4 is 6.09 Å². The lowest BCUT2D eigenvalue weighted by atomic mass is 9.99. The molecule has 1 fully saturated rings. The van der Waals surface area contributed by atoms with E-state index >= 15 is 0 Å². The van der Waals surface area contributed by atoms with Gasteiger partial charge < -0.3 is 14.4 Å². The first kappa shape index (κ1) is 17.0. The highest BCUT2D eigenvalue weighted by Crippen LogP contribution is 2.30. The van der Waals surface area contributed by atoms with Gasteiger partial charge in [-0.15, -0.1) is 0 Å². The molecular formula is C16H29NO3. The Labute approximate surface area is 123 Å². The van der Waals surface area contributed by atoms with Crippen molar-refractivity contribution < 1.29 is 14.3 Å². The molecule has 1 heterocycles. The van der Waals surface area contributed by atoms with E-state index in [1.54, 1.807) is 4.90 Å². The lowest BCUT2D eigenvalue weighted by molar-refractivity contribution is -0.0324. The predicted octanol–water partition coefficient (Wildman–Crippen LogP) is 3.76. The van der Waals surface area contributed by atoms with Gasteiger partial charge in [0.2, 0.25) is 0 Å². The normalized spacial score (nSPS) is 22.9.